The summed E-state index contributed by atoms with van der Waals surface area (Å²) in [7, 11) is 0. The second-order valence-corrected chi connectivity index (χ2v) is 8.67. The number of amides is 1. The first-order valence-corrected chi connectivity index (χ1v) is 10.8. The summed E-state index contributed by atoms with van der Waals surface area (Å²) in [6.07, 6.45) is 1.06. The number of nitro benzene ring substituents is 1. The van der Waals surface area contributed by atoms with E-state index in [4.69, 9.17) is 21.6 Å². The smallest absolute Gasteiger partial charge is 0.338 e. The number of nitriles is 1. The molecule has 1 aliphatic heterocycles. The first-order chi connectivity index (χ1) is 15.7. The van der Waals surface area contributed by atoms with Gasteiger partial charge in [0.1, 0.15) is 11.8 Å². The van der Waals surface area contributed by atoms with Gasteiger partial charge in [-0.15, -0.1) is 0 Å². The lowest BCUT2D eigenvalue weighted by molar-refractivity contribution is -0.384. The number of nitrogens with zero attached hydrogens (tertiary/aromatic N) is 3. The van der Waals surface area contributed by atoms with E-state index in [1.165, 1.54) is 30.3 Å². The lowest BCUT2D eigenvalue weighted by atomic mass is 9.91. The van der Waals surface area contributed by atoms with Gasteiger partial charge in [-0.25, -0.2) is 4.79 Å². The zero-order valence-electron chi connectivity index (χ0n) is 18.2. The third kappa shape index (κ3) is 5.99. The van der Waals surface area contributed by atoms with Crippen LogP contribution >= 0.6 is 11.6 Å². The number of nitro groups is 1. The number of ether oxygens (including phenoxy) is 1. The summed E-state index contributed by atoms with van der Waals surface area (Å²) in [5.74, 6) is -0.744. The number of esters is 1. The number of nitrogens with one attached hydrogen (secondary N) is 1. The van der Waals surface area contributed by atoms with Crippen molar-refractivity contribution >= 4 is 40.5 Å². The van der Waals surface area contributed by atoms with E-state index >= 15 is 0 Å². The summed E-state index contributed by atoms with van der Waals surface area (Å²) >= 11 is 5.89. The van der Waals surface area contributed by atoms with Gasteiger partial charge in [-0.1, -0.05) is 25.4 Å². The van der Waals surface area contributed by atoms with Crippen molar-refractivity contribution in [3.63, 3.8) is 0 Å². The summed E-state index contributed by atoms with van der Waals surface area (Å²) in [5.41, 5.74) is 0.630. The van der Waals surface area contributed by atoms with Gasteiger partial charge in [-0.3, -0.25) is 14.9 Å². The number of hydrogen-bond donors (Lipinski definition) is 1. The maximum absolute atomic E-state index is 12.4. The SMILES string of the molecule is CC1CC(C)CN(c2ccc(C(=O)OCC(=O)Nc3cc(Cl)ccc3C#N)cc2[N+](=O)[O-])C1. The van der Waals surface area contributed by atoms with Gasteiger partial charge in [0.05, 0.1) is 21.7 Å². The molecule has 0 aromatic heterocycles. The fourth-order valence-electron chi connectivity index (χ4n) is 4.04. The third-order valence-electron chi connectivity index (χ3n) is 5.33. The maximum atomic E-state index is 12.4. The molecule has 1 aliphatic rings. The summed E-state index contributed by atoms with van der Waals surface area (Å²) in [4.78, 5) is 37.7. The van der Waals surface area contributed by atoms with Gasteiger partial charge < -0.3 is 15.0 Å². The van der Waals surface area contributed by atoms with E-state index in [-0.39, 0.29) is 22.5 Å². The summed E-state index contributed by atoms with van der Waals surface area (Å²) < 4.78 is 5.02. The average Bonchev–Trinajstić information content (AvgIpc) is 2.76. The minimum absolute atomic E-state index is 0.0307. The van der Waals surface area contributed by atoms with Crippen molar-refractivity contribution in [3.8, 4) is 6.07 Å². The second kappa shape index (κ2) is 10.3. The highest BCUT2D eigenvalue weighted by molar-refractivity contribution is 6.31. The van der Waals surface area contributed by atoms with Crippen LogP contribution in [0.5, 0.6) is 0 Å². The van der Waals surface area contributed by atoms with Crippen molar-refractivity contribution < 1.29 is 19.2 Å². The van der Waals surface area contributed by atoms with E-state index in [0.717, 1.165) is 6.42 Å². The normalized spacial score (nSPS) is 17.7. The quantitative estimate of drug-likeness (QED) is 0.376. The third-order valence-corrected chi connectivity index (χ3v) is 5.56. The average molecular weight is 471 g/mol. The molecule has 2 atom stereocenters. The van der Waals surface area contributed by atoms with E-state index in [1.807, 2.05) is 11.0 Å². The molecule has 0 aliphatic carbocycles. The Labute approximate surface area is 196 Å². The largest absolute Gasteiger partial charge is 0.452 e. The van der Waals surface area contributed by atoms with E-state index in [9.17, 15) is 19.7 Å². The molecule has 1 fully saturated rings. The molecule has 0 spiro atoms. The van der Waals surface area contributed by atoms with Crippen LogP contribution in [-0.4, -0.2) is 36.5 Å². The summed E-state index contributed by atoms with van der Waals surface area (Å²) in [5, 5.41) is 23.6. The Morgan fingerprint density at radius 2 is 1.94 bits per heavy atom. The number of hydrogen-bond acceptors (Lipinski definition) is 7. The van der Waals surface area contributed by atoms with Crippen LogP contribution in [-0.2, 0) is 9.53 Å². The fourth-order valence-corrected chi connectivity index (χ4v) is 4.21. The molecular formula is C23H23ClN4O5. The van der Waals surface area contributed by atoms with Gasteiger partial charge in [-0.2, -0.15) is 5.26 Å². The number of rotatable bonds is 6. The number of carbonyl (C=O) groups is 2. The summed E-state index contributed by atoms with van der Waals surface area (Å²) in [6, 6.07) is 10.5. The Morgan fingerprint density at radius 3 is 2.58 bits per heavy atom. The molecule has 0 bridgehead atoms. The Hall–Kier alpha value is -3.64. The number of halogens is 1. The molecule has 1 N–H and O–H groups in total. The lowest BCUT2D eigenvalue weighted by Gasteiger charge is -2.36. The molecule has 172 valence electrons. The predicted molar refractivity (Wildman–Crippen MR) is 123 cm³/mol. The number of piperidine rings is 1. The molecule has 2 unspecified atom stereocenters. The molecule has 2 aromatic carbocycles. The van der Waals surface area contributed by atoms with E-state index in [0.29, 0.717) is 35.6 Å². The highest BCUT2D eigenvalue weighted by atomic mass is 35.5. The first-order valence-electron chi connectivity index (χ1n) is 10.4. The van der Waals surface area contributed by atoms with Gasteiger partial charge in [0.25, 0.3) is 11.6 Å². The second-order valence-electron chi connectivity index (χ2n) is 8.24. The molecule has 10 heteroatoms. The van der Waals surface area contributed by atoms with Crippen molar-refractivity contribution in [1.82, 2.24) is 0 Å². The van der Waals surface area contributed by atoms with Crippen LogP contribution in [0.2, 0.25) is 5.02 Å². The molecule has 9 nitrogen and oxygen atoms in total. The number of carbonyl (C=O) groups excluding carboxylic acids is 2. The minimum atomic E-state index is -0.869. The van der Waals surface area contributed by atoms with Gasteiger partial charge in [-0.05, 0) is 48.6 Å². The van der Waals surface area contributed by atoms with Crippen LogP contribution in [0, 0.1) is 33.3 Å². The van der Waals surface area contributed by atoms with Gasteiger partial charge >= 0.3 is 5.97 Å². The summed E-state index contributed by atoms with van der Waals surface area (Å²) in [6.45, 7) is 4.97. The predicted octanol–water partition coefficient (Wildman–Crippen LogP) is 4.40. The first kappa shape index (κ1) is 24.0. The number of anilines is 2. The van der Waals surface area contributed by atoms with Crippen molar-refractivity contribution in [2.45, 2.75) is 20.3 Å². The Balaban J connectivity index is 1.69. The van der Waals surface area contributed by atoms with Gasteiger partial charge in [0.2, 0.25) is 0 Å². The van der Waals surface area contributed by atoms with Crippen LogP contribution in [0.25, 0.3) is 0 Å². The number of benzene rings is 2. The molecule has 0 radical (unpaired) electrons. The molecule has 0 saturated carbocycles. The van der Waals surface area contributed by atoms with Crippen molar-refractivity contribution in [1.29, 1.82) is 5.26 Å². The van der Waals surface area contributed by atoms with Crippen LogP contribution in [0.4, 0.5) is 17.1 Å². The van der Waals surface area contributed by atoms with Crippen LogP contribution in [0.1, 0.15) is 36.2 Å². The van der Waals surface area contributed by atoms with E-state index < -0.39 is 23.4 Å². The van der Waals surface area contributed by atoms with Gasteiger partial charge in [0.15, 0.2) is 6.61 Å². The molecule has 3 rings (SSSR count). The molecule has 1 amide bonds. The van der Waals surface area contributed by atoms with Crippen molar-refractivity contribution in [2.75, 3.05) is 29.9 Å². The van der Waals surface area contributed by atoms with Crippen LogP contribution < -0.4 is 10.2 Å². The van der Waals surface area contributed by atoms with E-state index in [2.05, 4.69) is 19.2 Å². The van der Waals surface area contributed by atoms with Crippen molar-refractivity contribution in [2.24, 2.45) is 11.8 Å². The highest BCUT2D eigenvalue weighted by Gasteiger charge is 2.28. The Morgan fingerprint density at radius 1 is 1.24 bits per heavy atom. The monoisotopic (exact) mass is 470 g/mol. The molecule has 2 aromatic rings. The molecule has 1 saturated heterocycles. The standard InChI is InChI=1S/C23H23ClN4O5/c1-14-7-15(2)12-27(11-14)20-6-4-16(8-21(20)28(31)32)23(30)33-13-22(29)26-19-9-18(24)5-3-17(19)10-25/h3-6,8-9,14-15H,7,11-13H2,1-2H3,(H,26,29). The van der Waals surface area contributed by atoms with E-state index in [1.54, 1.807) is 6.07 Å². The molecule has 33 heavy (non-hydrogen) atoms. The van der Waals surface area contributed by atoms with Crippen molar-refractivity contribution in [3.05, 3.63) is 62.7 Å². The lowest BCUT2D eigenvalue weighted by Crippen LogP contribution is -2.39. The Kier molecular flexibility index (Phi) is 7.51. The zero-order valence-corrected chi connectivity index (χ0v) is 19.0. The Bertz CT molecular complexity index is 1120. The maximum Gasteiger partial charge on any atom is 0.338 e. The zero-order chi connectivity index (χ0) is 24.1. The van der Waals surface area contributed by atoms with Crippen LogP contribution in [0.3, 0.4) is 0 Å². The van der Waals surface area contributed by atoms with Crippen LogP contribution in [0.15, 0.2) is 36.4 Å². The highest BCUT2D eigenvalue weighted by Crippen LogP contribution is 2.34. The van der Waals surface area contributed by atoms with Gasteiger partial charge in [0, 0.05) is 24.2 Å². The minimum Gasteiger partial charge on any atom is -0.452 e. The molecule has 1 heterocycles. The fraction of sp³-hybridized carbons (Fsp3) is 0.348. The molecular weight excluding hydrogens is 448 g/mol. The topological polar surface area (TPSA) is 126 Å².